The molecule has 1 aromatic rings. The molecule has 5 heteroatoms. The first kappa shape index (κ1) is 14.5. The van der Waals surface area contributed by atoms with Gasteiger partial charge in [0.2, 0.25) is 5.91 Å². The van der Waals surface area contributed by atoms with Gasteiger partial charge in [0.15, 0.2) is 0 Å². The minimum absolute atomic E-state index is 0.0832. The van der Waals surface area contributed by atoms with Crippen LogP contribution in [-0.4, -0.2) is 23.0 Å². The Morgan fingerprint density at radius 1 is 1.30 bits per heavy atom. The van der Waals surface area contributed by atoms with E-state index in [0.717, 1.165) is 11.1 Å². The maximum Gasteiger partial charge on any atom is 0.306 e. The van der Waals surface area contributed by atoms with Gasteiger partial charge in [-0.2, -0.15) is 0 Å². The van der Waals surface area contributed by atoms with Crippen molar-refractivity contribution in [2.24, 2.45) is 11.7 Å². The number of hydrogen-bond donors (Lipinski definition) is 3. The molecule has 1 fully saturated rings. The molecule has 1 aromatic carbocycles. The average Bonchev–Trinajstić information content (AvgIpc) is 2.87. The van der Waals surface area contributed by atoms with Crippen LogP contribution in [-0.2, 0) is 9.59 Å². The monoisotopic (exact) mass is 276 g/mol. The minimum Gasteiger partial charge on any atom is -0.481 e. The number of carboxylic acid groups (broad SMARTS) is 1. The number of carbonyl (C=O) groups excluding carboxylic acids is 1. The molecule has 0 spiro atoms. The van der Waals surface area contributed by atoms with Crippen molar-refractivity contribution in [3.05, 3.63) is 35.4 Å². The number of carbonyl (C=O) groups is 2. The summed E-state index contributed by atoms with van der Waals surface area (Å²) in [6.07, 6.45) is 1.80. The normalized spacial score (nSPS) is 23.3. The molecule has 0 bridgehead atoms. The Kier molecular flexibility index (Phi) is 4.39. The zero-order valence-electron chi connectivity index (χ0n) is 11.5. The second kappa shape index (κ2) is 6.05. The molecule has 108 valence electrons. The molecule has 0 saturated heterocycles. The van der Waals surface area contributed by atoms with E-state index < -0.39 is 12.0 Å². The number of nitrogens with two attached hydrogens (primary N) is 1. The molecular formula is C15H20N2O3. The summed E-state index contributed by atoms with van der Waals surface area (Å²) in [5.74, 6) is -1.38. The topological polar surface area (TPSA) is 92.4 Å². The van der Waals surface area contributed by atoms with Crippen LogP contribution in [0.2, 0.25) is 0 Å². The molecule has 20 heavy (non-hydrogen) atoms. The zero-order valence-corrected chi connectivity index (χ0v) is 11.5. The van der Waals surface area contributed by atoms with E-state index in [4.69, 9.17) is 10.8 Å². The highest BCUT2D eigenvalue weighted by molar-refractivity contribution is 5.83. The van der Waals surface area contributed by atoms with Gasteiger partial charge in [0.25, 0.3) is 0 Å². The third-order valence-electron chi connectivity index (χ3n) is 3.85. The molecule has 1 aliphatic rings. The summed E-state index contributed by atoms with van der Waals surface area (Å²) in [6.45, 7) is 1.97. The second-order valence-electron chi connectivity index (χ2n) is 5.44. The lowest BCUT2D eigenvalue weighted by molar-refractivity contribution is -0.141. The van der Waals surface area contributed by atoms with Gasteiger partial charge in [0, 0.05) is 6.04 Å². The summed E-state index contributed by atoms with van der Waals surface area (Å²) in [4.78, 5) is 23.0. The highest BCUT2D eigenvalue weighted by atomic mass is 16.4. The summed E-state index contributed by atoms with van der Waals surface area (Å²) in [5.41, 5.74) is 7.81. The standard InChI is InChI=1S/C15H20N2O3/c1-9-2-4-10(5-3-9)13(16)14(18)17-12-7-6-11(8-12)15(19)20/h2-5,11-13H,6-8,16H2,1H3,(H,17,18)(H,19,20)/t11-,12+,13?/m1/s1. The number of carboxylic acids is 1. The van der Waals surface area contributed by atoms with Crippen LogP contribution in [0.25, 0.3) is 0 Å². The molecule has 0 aromatic heterocycles. The molecule has 0 heterocycles. The fourth-order valence-electron chi connectivity index (χ4n) is 2.55. The predicted octanol–water partition coefficient (Wildman–Crippen LogP) is 1.36. The molecule has 1 unspecified atom stereocenters. The number of aryl methyl sites for hydroxylation is 1. The van der Waals surface area contributed by atoms with E-state index in [1.165, 1.54) is 0 Å². The number of hydrogen-bond acceptors (Lipinski definition) is 3. The predicted molar refractivity (Wildman–Crippen MR) is 75.0 cm³/mol. The van der Waals surface area contributed by atoms with Crippen molar-refractivity contribution in [1.29, 1.82) is 0 Å². The molecule has 1 amide bonds. The van der Waals surface area contributed by atoms with Gasteiger partial charge in [-0.1, -0.05) is 29.8 Å². The summed E-state index contributed by atoms with van der Waals surface area (Å²) < 4.78 is 0. The number of rotatable bonds is 4. The first-order valence-corrected chi connectivity index (χ1v) is 6.82. The summed E-state index contributed by atoms with van der Waals surface area (Å²) in [6, 6.07) is 6.72. The second-order valence-corrected chi connectivity index (χ2v) is 5.44. The van der Waals surface area contributed by atoms with Crippen LogP contribution in [0.4, 0.5) is 0 Å². The Bertz CT molecular complexity index is 498. The van der Waals surface area contributed by atoms with Crippen molar-refractivity contribution in [1.82, 2.24) is 5.32 Å². The minimum atomic E-state index is -0.787. The maximum absolute atomic E-state index is 12.1. The number of benzene rings is 1. The molecule has 0 radical (unpaired) electrons. The Morgan fingerprint density at radius 2 is 1.95 bits per heavy atom. The summed E-state index contributed by atoms with van der Waals surface area (Å²) in [5, 5.41) is 11.8. The van der Waals surface area contributed by atoms with Crippen LogP contribution >= 0.6 is 0 Å². The SMILES string of the molecule is Cc1ccc(C(N)C(=O)N[C@H]2CC[C@@H](C(=O)O)C2)cc1. The van der Waals surface area contributed by atoms with Gasteiger partial charge in [0.1, 0.15) is 6.04 Å². The van der Waals surface area contributed by atoms with Gasteiger partial charge < -0.3 is 16.2 Å². The fraction of sp³-hybridized carbons (Fsp3) is 0.467. The molecule has 1 saturated carbocycles. The molecule has 5 nitrogen and oxygen atoms in total. The summed E-state index contributed by atoms with van der Waals surface area (Å²) in [7, 11) is 0. The average molecular weight is 276 g/mol. The van der Waals surface area contributed by atoms with Crippen LogP contribution in [0.3, 0.4) is 0 Å². The molecular weight excluding hydrogens is 256 g/mol. The van der Waals surface area contributed by atoms with Gasteiger partial charge >= 0.3 is 5.97 Å². The lowest BCUT2D eigenvalue weighted by atomic mass is 10.0. The van der Waals surface area contributed by atoms with Crippen molar-refractivity contribution in [3.63, 3.8) is 0 Å². The van der Waals surface area contributed by atoms with E-state index >= 15 is 0 Å². The van der Waals surface area contributed by atoms with E-state index in [2.05, 4.69) is 5.32 Å². The van der Waals surface area contributed by atoms with Crippen molar-refractivity contribution in [2.45, 2.75) is 38.3 Å². The lowest BCUT2D eigenvalue weighted by Gasteiger charge is -2.17. The van der Waals surface area contributed by atoms with E-state index in [1.807, 2.05) is 31.2 Å². The van der Waals surface area contributed by atoms with Gasteiger partial charge in [-0.15, -0.1) is 0 Å². The van der Waals surface area contributed by atoms with E-state index in [1.54, 1.807) is 0 Å². The third kappa shape index (κ3) is 3.36. The smallest absolute Gasteiger partial charge is 0.306 e. The van der Waals surface area contributed by atoms with Gasteiger partial charge in [-0.05, 0) is 31.7 Å². The fourth-order valence-corrected chi connectivity index (χ4v) is 2.55. The van der Waals surface area contributed by atoms with Crippen LogP contribution < -0.4 is 11.1 Å². The van der Waals surface area contributed by atoms with Crippen LogP contribution in [0.1, 0.15) is 36.4 Å². The number of aliphatic carboxylic acids is 1. The third-order valence-corrected chi connectivity index (χ3v) is 3.85. The first-order valence-electron chi connectivity index (χ1n) is 6.82. The quantitative estimate of drug-likeness (QED) is 0.774. The van der Waals surface area contributed by atoms with Crippen molar-refractivity contribution < 1.29 is 14.7 Å². The van der Waals surface area contributed by atoms with E-state index in [0.29, 0.717) is 19.3 Å². The largest absolute Gasteiger partial charge is 0.481 e. The van der Waals surface area contributed by atoms with Crippen LogP contribution in [0, 0.1) is 12.8 Å². The van der Waals surface area contributed by atoms with Crippen molar-refractivity contribution in [2.75, 3.05) is 0 Å². The number of amides is 1. The van der Waals surface area contributed by atoms with Crippen LogP contribution in [0.15, 0.2) is 24.3 Å². The lowest BCUT2D eigenvalue weighted by Crippen LogP contribution is -2.39. The first-order chi connectivity index (χ1) is 9.47. The molecule has 4 N–H and O–H groups in total. The highest BCUT2D eigenvalue weighted by Gasteiger charge is 2.31. The summed E-state index contributed by atoms with van der Waals surface area (Å²) >= 11 is 0. The Balaban J connectivity index is 1.92. The highest BCUT2D eigenvalue weighted by Crippen LogP contribution is 2.26. The van der Waals surface area contributed by atoms with Gasteiger partial charge in [-0.3, -0.25) is 9.59 Å². The zero-order chi connectivity index (χ0) is 14.7. The van der Waals surface area contributed by atoms with Gasteiger partial charge in [-0.25, -0.2) is 0 Å². The Hall–Kier alpha value is -1.88. The maximum atomic E-state index is 12.1. The van der Waals surface area contributed by atoms with Gasteiger partial charge in [0.05, 0.1) is 5.92 Å². The van der Waals surface area contributed by atoms with E-state index in [-0.39, 0.29) is 17.9 Å². The van der Waals surface area contributed by atoms with Crippen molar-refractivity contribution in [3.8, 4) is 0 Å². The van der Waals surface area contributed by atoms with Crippen LogP contribution in [0.5, 0.6) is 0 Å². The van der Waals surface area contributed by atoms with E-state index in [9.17, 15) is 9.59 Å². The molecule has 2 rings (SSSR count). The van der Waals surface area contributed by atoms with Crippen molar-refractivity contribution >= 4 is 11.9 Å². The molecule has 0 aliphatic heterocycles. The Morgan fingerprint density at radius 3 is 2.50 bits per heavy atom. The number of nitrogens with one attached hydrogen (secondary N) is 1. The molecule has 3 atom stereocenters. The molecule has 1 aliphatic carbocycles. The Labute approximate surface area is 118 Å².